The van der Waals surface area contributed by atoms with E-state index < -0.39 is 11.8 Å². The number of nitrogens with one attached hydrogen (secondary N) is 2. The van der Waals surface area contributed by atoms with Gasteiger partial charge < -0.3 is 4.74 Å². The molecule has 0 unspecified atom stereocenters. The number of carbonyl (C=O) groups excluding carboxylic acids is 2. The Labute approximate surface area is 149 Å². The SMILES string of the molecule is Cc1cc(OCC(=O)NNC(=O)C=Cc2ccc(F)cc2)ccc1Cl. The molecule has 0 aliphatic rings. The molecule has 7 heteroatoms. The monoisotopic (exact) mass is 362 g/mol. The second-order valence-electron chi connectivity index (χ2n) is 5.12. The van der Waals surface area contributed by atoms with Gasteiger partial charge in [-0.2, -0.15) is 0 Å². The van der Waals surface area contributed by atoms with Gasteiger partial charge in [-0.1, -0.05) is 23.7 Å². The fraction of sp³-hybridized carbons (Fsp3) is 0.111. The summed E-state index contributed by atoms with van der Waals surface area (Å²) < 4.78 is 18.1. The Morgan fingerprint density at radius 2 is 1.88 bits per heavy atom. The van der Waals surface area contributed by atoms with Crippen molar-refractivity contribution >= 4 is 29.5 Å². The second-order valence-corrected chi connectivity index (χ2v) is 5.53. The van der Waals surface area contributed by atoms with Crippen LogP contribution in [0.1, 0.15) is 11.1 Å². The molecule has 0 radical (unpaired) electrons. The van der Waals surface area contributed by atoms with Gasteiger partial charge in [0, 0.05) is 11.1 Å². The minimum Gasteiger partial charge on any atom is -0.484 e. The molecule has 0 bridgehead atoms. The maximum absolute atomic E-state index is 12.8. The fourth-order valence-corrected chi connectivity index (χ4v) is 1.93. The fourth-order valence-electron chi connectivity index (χ4n) is 1.81. The molecule has 0 aliphatic carbocycles. The van der Waals surface area contributed by atoms with Gasteiger partial charge in [0.25, 0.3) is 11.8 Å². The van der Waals surface area contributed by atoms with Crippen LogP contribution in [0, 0.1) is 12.7 Å². The van der Waals surface area contributed by atoms with Gasteiger partial charge in [0.1, 0.15) is 11.6 Å². The summed E-state index contributed by atoms with van der Waals surface area (Å²) in [5.74, 6) is -0.902. The summed E-state index contributed by atoms with van der Waals surface area (Å²) in [6, 6.07) is 10.7. The van der Waals surface area contributed by atoms with E-state index in [4.69, 9.17) is 16.3 Å². The zero-order chi connectivity index (χ0) is 18.2. The molecule has 0 saturated carbocycles. The molecule has 2 aromatic carbocycles. The molecule has 0 heterocycles. The van der Waals surface area contributed by atoms with Crippen LogP contribution in [0.4, 0.5) is 4.39 Å². The Kier molecular flexibility index (Phi) is 6.54. The van der Waals surface area contributed by atoms with E-state index in [2.05, 4.69) is 10.9 Å². The number of hydrogen-bond donors (Lipinski definition) is 2. The van der Waals surface area contributed by atoms with E-state index in [0.717, 1.165) is 5.56 Å². The molecule has 5 nitrogen and oxygen atoms in total. The highest BCUT2D eigenvalue weighted by molar-refractivity contribution is 6.31. The number of hydrogen-bond acceptors (Lipinski definition) is 3. The van der Waals surface area contributed by atoms with Gasteiger partial charge in [0.15, 0.2) is 6.61 Å². The molecular weight excluding hydrogens is 347 g/mol. The van der Waals surface area contributed by atoms with E-state index in [0.29, 0.717) is 16.3 Å². The third kappa shape index (κ3) is 6.27. The summed E-state index contributed by atoms with van der Waals surface area (Å²) in [4.78, 5) is 23.2. The lowest BCUT2D eigenvalue weighted by Gasteiger charge is -2.08. The number of halogens is 2. The number of aryl methyl sites for hydroxylation is 1. The maximum Gasteiger partial charge on any atom is 0.276 e. The van der Waals surface area contributed by atoms with E-state index in [1.165, 1.54) is 36.4 Å². The number of benzene rings is 2. The summed E-state index contributed by atoms with van der Waals surface area (Å²) in [5.41, 5.74) is 5.93. The first-order chi connectivity index (χ1) is 11.9. The maximum atomic E-state index is 12.8. The molecule has 0 aliphatic heterocycles. The van der Waals surface area contributed by atoms with Crippen LogP contribution < -0.4 is 15.6 Å². The predicted molar refractivity (Wildman–Crippen MR) is 93.4 cm³/mol. The molecule has 0 fully saturated rings. The van der Waals surface area contributed by atoms with Gasteiger partial charge in [-0.15, -0.1) is 0 Å². The van der Waals surface area contributed by atoms with Gasteiger partial charge in [0.2, 0.25) is 0 Å². The van der Waals surface area contributed by atoms with Crippen molar-refractivity contribution in [2.45, 2.75) is 6.92 Å². The number of hydrazine groups is 1. The van der Waals surface area contributed by atoms with Crippen molar-refractivity contribution in [3.05, 3.63) is 70.5 Å². The van der Waals surface area contributed by atoms with Crippen molar-refractivity contribution in [1.82, 2.24) is 10.9 Å². The van der Waals surface area contributed by atoms with Crippen molar-refractivity contribution in [3.8, 4) is 5.75 Å². The zero-order valence-electron chi connectivity index (χ0n) is 13.4. The third-order valence-electron chi connectivity index (χ3n) is 3.12. The molecule has 0 atom stereocenters. The summed E-state index contributed by atoms with van der Waals surface area (Å²) in [6.07, 6.45) is 2.71. The van der Waals surface area contributed by atoms with Crippen LogP contribution in [-0.4, -0.2) is 18.4 Å². The first kappa shape index (κ1) is 18.5. The summed E-state index contributed by atoms with van der Waals surface area (Å²) >= 11 is 5.90. The quantitative estimate of drug-likeness (QED) is 0.634. The molecule has 25 heavy (non-hydrogen) atoms. The lowest BCUT2D eigenvalue weighted by atomic mass is 10.2. The van der Waals surface area contributed by atoms with Crippen molar-refractivity contribution in [1.29, 1.82) is 0 Å². The molecule has 130 valence electrons. The second kappa shape index (κ2) is 8.84. The smallest absolute Gasteiger partial charge is 0.276 e. The van der Waals surface area contributed by atoms with Crippen LogP contribution in [-0.2, 0) is 9.59 Å². The predicted octanol–water partition coefficient (Wildman–Crippen LogP) is 3.03. The van der Waals surface area contributed by atoms with Gasteiger partial charge in [0.05, 0.1) is 0 Å². The lowest BCUT2D eigenvalue weighted by Crippen LogP contribution is -2.43. The van der Waals surface area contributed by atoms with Crippen LogP contribution in [0.3, 0.4) is 0 Å². The number of ether oxygens (including phenoxy) is 1. The van der Waals surface area contributed by atoms with E-state index in [-0.39, 0.29) is 12.4 Å². The summed E-state index contributed by atoms with van der Waals surface area (Å²) in [6.45, 7) is 1.56. The highest BCUT2D eigenvalue weighted by Gasteiger charge is 2.05. The molecule has 2 amide bonds. The van der Waals surface area contributed by atoms with Gasteiger partial charge in [-0.25, -0.2) is 4.39 Å². The van der Waals surface area contributed by atoms with Crippen LogP contribution in [0.5, 0.6) is 5.75 Å². The molecule has 0 aromatic heterocycles. The van der Waals surface area contributed by atoms with E-state index >= 15 is 0 Å². The van der Waals surface area contributed by atoms with Crippen molar-refractivity contribution < 1.29 is 18.7 Å². The number of carbonyl (C=O) groups is 2. The Bertz CT molecular complexity index is 791. The normalized spacial score (nSPS) is 10.5. The lowest BCUT2D eigenvalue weighted by molar-refractivity contribution is -0.128. The topological polar surface area (TPSA) is 67.4 Å². The largest absolute Gasteiger partial charge is 0.484 e. The Morgan fingerprint density at radius 3 is 2.56 bits per heavy atom. The first-order valence-corrected chi connectivity index (χ1v) is 7.73. The van der Waals surface area contributed by atoms with Crippen LogP contribution >= 0.6 is 11.6 Å². The number of rotatable bonds is 5. The summed E-state index contributed by atoms with van der Waals surface area (Å²) in [5, 5.41) is 0.608. The number of amides is 2. The molecule has 2 rings (SSSR count). The van der Waals surface area contributed by atoms with Crippen LogP contribution in [0.2, 0.25) is 5.02 Å². The molecule has 0 saturated heterocycles. The minimum absolute atomic E-state index is 0.261. The molecular formula is C18H16ClFN2O3. The average molecular weight is 363 g/mol. The van der Waals surface area contributed by atoms with E-state index in [1.807, 2.05) is 6.92 Å². The minimum atomic E-state index is -0.528. The van der Waals surface area contributed by atoms with Gasteiger partial charge in [-0.05, 0) is 54.5 Å². The first-order valence-electron chi connectivity index (χ1n) is 7.35. The zero-order valence-corrected chi connectivity index (χ0v) is 14.1. The van der Waals surface area contributed by atoms with Crippen molar-refractivity contribution in [3.63, 3.8) is 0 Å². The third-order valence-corrected chi connectivity index (χ3v) is 3.55. The van der Waals surface area contributed by atoms with Gasteiger partial charge >= 0.3 is 0 Å². The molecule has 2 aromatic rings. The highest BCUT2D eigenvalue weighted by Crippen LogP contribution is 2.20. The van der Waals surface area contributed by atoms with Gasteiger partial charge in [-0.3, -0.25) is 20.4 Å². The molecule has 2 N–H and O–H groups in total. The Hall–Kier alpha value is -2.86. The molecule has 0 spiro atoms. The van der Waals surface area contributed by atoms with Crippen LogP contribution in [0.25, 0.3) is 6.08 Å². The van der Waals surface area contributed by atoms with Crippen molar-refractivity contribution in [2.24, 2.45) is 0 Å². The average Bonchev–Trinajstić information content (AvgIpc) is 2.60. The Morgan fingerprint density at radius 1 is 1.16 bits per heavy atom. The van der Waals surface area contributed by atoms with E-state index in [1.54, 1.807) is 18.2 Å². The Balaban J connectivity index is 1.74. The van der Waals surface area contributed by atoms with E-state index in [9.17, 15) is 14.0 Å². The van der Waals surface area contributed by atoms with Crippen LogP contribution in [0.15, 0.2) is 48.5 Å². The van der Waals surface area contributed by atoms with Crippen molar-refractivity contribution in [2.75, 3.05) is 6.61 Å². The highest BCUT2D eigenvalue weighted by atomic mass is 35.5. The standard InChI is InChI=1S/C18H16ClFN2O3/c1-12-10-15(7-8-16(12)19)25-11-18(24)22-21-17(23)9-4-13-2-5-14(20)6-3-13/h2-10H,11H2,1H3,(H,21,23)(H,22,24). The summed E-state index contributed by atoms with van der Waals surface area (Å²) in [7, 11) is 0.